The molecule has 0 aliphatic carbocycles. The Hall–Kier alpha value is -1.19. The van der Waals surface area contributed by atoms with Crippen LogP contribution in [-0.4, -0.2) is 75.7 Å². The van der Waals surface area contributed by atoms with Crippen LogP contribution in [0.3, 0.4) is 0 Å². The SMILES string of the molecule is CS(=O)(=O)N(CCN1CCOCC1)CC(=O)NCc1ccc(Cl)cc1. The molecule has 0 bridgehead atoms. The average Bonchev–Trinajstić information content (AvgIpc) is 2.58. The van der Waals surface area contributed by atoms with Crippen molar-refractivity contribution in [3.05, 3.63) is 34.9 Å². The lowest BCUT2D eigenvalue weighted by atomic mass is 10.2. The van der Waals surface area contributed by atoms with E-state index in [1.165, 1.54) is 4.31 Å². The molecule has 25 heavy (non-hydrogen) atoms. The van der Waals surface area contributed by atoms with Gasteiger partial charge in [0.25, 0.3) is 0 Å². The number of carbonyl (C=O) groups excluding carboxylic acids is 1. The summed E-state index contributed by atoms with van der Waals surface area (Å²) < 4.78 is 30.4. The summed E-state index contributed by atoms with van der Waals surface area (Å²) in [6.45, 7) is 3.88. The second kappa shape index (κ2) is 9.49. The Labute approximate surface area is 153 Å². The normalized spacial score (nSPS) is 16.1. The number of sulfonamides is 1. The van der Waals surface area contributed by atoms with E-state index in [-0.39, 0.29) is 19.0 Å². The molecule has 1 amide bonds. The predicted molar refractivity (Wildman–Crippen MR) is 97.0 cm³/mol. The number of benzene rings is 1. The molecule has 0 saturated carbocycles. The standard InChI is InChI=1S/C16H24ClN3O4S/c1-25(22,23)20(7-6-19-8-10-24-11-9-19)13-16(21)18-12-14-2-4-15(17)5-3-14/h2-5H,6-13H2,1H3,(H,18,21). The molecule has 1 aliphatic heterocycles. The Bertz CT molecular complexity index is 660. The molecular formula is C16H24ClN3O4S. The van der Waals surface area contributed by atoms with Gasteiger partial charge in [-0.1, -0.05) is 23.7 Å². The van der Waals surface area contributed by atoms with Crippen LogP contribution in [0.15, 0.2) is 24.3 Å². The van der Waals surface area contributed by atoms with Crippen molar-refractivity contribution in [1.29, 1.82) is 0 Å². The summed E-state index contributed by atoms with van der Waals surface area (Å²) in [5.41, 5.74) is 0.900. The number of halogens is 1. The zero-order valence-electron chi connectivity index (χ0n) is 14.3. The lowest BCUT2D eigenvalue weighted by molar-refractivity contribution is -0.121. The van der Waals surface area contributed by atoms with Crippen LogP contribution >= 0.6 is 11.6 Å². The second-order valence-corrected chi connectivity index (χ2v) is 8.37. The van der Waals surface area contributed by atoms with Gasteiger partial charge in [-0.3, -0.25) is 9.69 Å². The molecule has 0 radical (unpaired) electrons. The molecule has 1 aliphatic rings. The highest BCUT2D eigenvalue weighted by atomic mass is 35.5. The minimum Gasteiger partial charge on any atom is -0.379 e. The number of ether oxygens (including phenoxy) is 1. The quantitative estimate of drug-likeness (QED) is 0.702. The Morgan fingerprint density at radius 1 is 1.28 bits per heavy atom. The Morgan fingerprint density at radius 3 is 2.52 bits per heavy atom. The largest absolute Gasteiger partial charge is 0.379 e. The van der Waals surface area contributed by atoms with Crippen LogP contribution in [0.4, 0.5) is 0 Å². The van der Waals surface area contributed by atoms with Crippen LogP contribution in [0, 0.1) is 0 Å². The smallest absolute Gasteiger partial charge is 0.235 e. The highest BCUT2D eigenvalue weighted by Gasteiger charge is 2.21. The summed E-state index contributed by atoms with van der Waals surface area (Å²) >= 11 is 5.82. The first-order valence-electron chi connectivity index (χ1n) is 8.11. The van der Waals surface area contributed by atoms with Gasteiger partial charge in [0.15, 0.2) is 0 Å². The third-order valence-corrected chi connectivity index (χ3v) is 5.46. The van der Waals surface area contributed by atoms with Crippen molar-refractivity contribution in [2.75, 3.05) is 52.2 Å². The molecule has 0 unspecified atom stereocenters. The average molecular weight is 390 g/mol. The number of nitrogens with one attached hydrogen (secondary N) is 1. The summed E-state index contributed by atoms with van der Waals surface area (Å²) in [5, 5.41) is 3.36. The van der Waals surface area contributed by atoms with Crippen LogP contribution in [0.2, 0.25) is 5.02 Å². The fraction of sp³-hybridized carbons (Fsp3) is 0.562. The van der Waals surface area contributed by atoms with Gasteiger partial charge in [0.2, 0.25) is 15.9 Å². The molecular weight excluding hydrogens is 366 g/mol. The Balaban J connectivity index is 1.83. The Kier molecular flexibility index (Phi) is 7.64. The van der Waals surface area contributed by atoms with E-state index in [9.17, 15) is 13.2 Å². The second-order valence-electron chi connectivity index (χ2n) is 5.95. The Morgan fingerprint density at radius 2 is 1.92 bits per heavy atom. The van der Waals surface area contributed by atoms with Gasteiger partial charge in [-0.15, -0.1) is 0 Å². The first kappa shape index (κ1) is 20.1. The third-order valence-electron chi connectivity index (χ3n) is 3.96. The molecule has 0 aromatic heterocycles. The minimum absolute atomic E-state index is 0.184. The number of hydrogen-bond donors (Lipinski definition) is 1. The first-order valence-corrected chi connectivity index (χ1v) is 10.3. The third kappa shape index (κ3) is 7.29. The molecule has 1 aromatic rings. The van der Waals surface area contributed by atoms with Crippen LogP contribution < -0.4 is 5.32 Å². The lowest BCUT2D eigenvalue weighted by Crippen LogP contribution is -2.45. The summed E-state index contributed by atoms with van der Waals surface area (Å²) in [7, 11) is -3.45. The van der Waals surface area contributed by atoms with Crippen LogP contribution in [0.25, 0.3) is 0 Å². The molecule has 7 nitrogen and oxygen atoms in total. The van der Waals surface area contributed by atoms with Crippen molar-refractivity contribution in [1.82, 2.24) is 14.5 Å². The molecule has 140 valence electrons. The fourth-order valence-corrected chi connectivity index (χ4v) is 3.35. The van der Waals surface area contributed by atoms with Crippen molar-refractivity contribution < 1.29 is 17.9 Å². The number of rotatable bonds is 8. The van der Waals surface area contributed by atoms with Gasteiger partial charge in [0.1, 0.15) is 0 Å². The van der Waals surface area contributed by atoms with Crippen molar-refractivity contribution >= 4 is 27.5 Å². The van der Waals surface area contributed by atoms with Crippen molar-refractivity contribution in [3.8, 4) is 0 Å². The number of hydrogen-bond acceptors (Lipinski definition) is 5. The summed E-state index contributed by atoms with van der Waals surface area (Å²) in [4.78, 5) is 14.2. The predicted octanol–water partition coefficient (Wildman–Crippen LogP) is 0.550. The van der Waals surface area contributed by atoms with E-state index in [4.69, 9.17) is 16.3 Å². The molecule has 1 heterocycles. The topological polar surface area (TPSA) is 79.0 Å². The van der Waals surface area contributed by atoms with Gasteiger partial charge in [-0.2, -0.15) is 4.31 Å². The fourth-order valence-electron chi connectivity index (χ4n) is 2.46. The van der Waals surface area contributed by atoms with E-state index in [0.717, 1.165) is 24.9 Å². The highest BCUT2D eigenvalue weighted by Crippen LogP contribution is 2.09. The van der Waals surface area contributed by atoms with E-state index in [1.54, 1.807) is 12.1 Å². The van der Waals surface area contributed by atoms with Crippen molar-refractivity contribution in [3.63, 3.8) is 0 Å². The lowest BCUT2D eigenvalue weighted by Gasteiger charge is -2.29. The molecule has 9 heteroatoms. The molecule has 1 fully saturated rings. The summed E-state index contributed by atoms with van der Waals surface area (Å²) in [6.07, 6.45) is 1.12. The van der Waals surface area contributed by atoms with E-state index in [2.05, 4.69) is 10.2 Å². The maximum absolute atomic E-state index is 12.1. The van der Waals surface area contributed by atoms with Crippen molar-refractivity contribution in [2.24, 2.45) is 0 Å². The molecule has 1 aromatic carbocycles. The summed E-state index contributed by atoms with van der Waals surface area (Å²) in [6, 6.07) is 7.12. The number of morpholine rings is 1. The van der Waals surface area contributed by atoms with Gasteiger partial charge in [0.05, 0.1) is 26.0 Å². The van der Waals surface area contributed by atoms with Crippen molar-refractivity contribution in [2.45, 2.75) is 6.54 Å². The van der Waals surface area contributed by atoms with Crippen LogP contribution in [0.5, 0.6) is 0 Å². The van der Waals surface area contributed by atoms with Gasteiger partial charge < -0.3 is 10.1 Å². The number of carbonyl (C=O) groups is 1. The molecule has 1 saturated heterocycles. The maximum atomic E-state index is 12.1. The van der Waals surface area contributed by atoms with Gasteiger partial charge >= 0.3 is 0 Å². The van der Waals surface area contributed by atoms with E-state index >= 15 is 0 Å². The minimum atomic E-state index is -3.45. The van der Waals surface area contributed by atoms with Crippen LogP contribution in [0.1, 0.15) is 5.56 Å². The molecule has 2 rings (SSSR count). The zero-order valence-corrected chi connectivity index (χ0v) is 15.9. The van der Waals surface area contributed by atoms with E-state index < -0.39 is 10.0 Å². The van der Waals surface area contributed by atoms with Gasteiger partial charge in [0, 0.05) is 37.7 Å². The number of amides is 1. The zero-order chi connectivity index (χ0) is 18.3. The monoisotopic (exact) mass is 389 g/mol. The molecule has 0 atom stereocenters. The van der Waals surface area contributed by atoms with E-state index in [1.807, 2.05) is 12.1 Å². The van der Waals surface area contributed by atoms with Gasteiger partial charge in [-0.05, 0) is 17.7 Å². The van der Waals surface area contributed by atoms with Crippen LogP contribution in [-0.2, 0) is 26.1 Å². The summed E-state index contributed by atoms with van der Waals surface area (Å²) in [5.74, 6) is -0.331. The highest BCUT2D eigenvalue weighted by molar-refractivity contribution is 7.88. The van der Waals surface area contributed by atoms with Gasteiger partial charge in [-0.25, -0.2) is 8.42 Å². The molecule has 1 N–H and O–H groups in total. The number of nitrogens with zero attached hydrogens (tertiary/aromatic N) is 2. The first-order chi connectivity index (χ1) is 11.8. The molecule has 0 spiro atoms. The van der Waals surface area contributed by atoms with E-state index in [0.29, 0.717) is 31.3 Å². The maximum Gasteiger partial charge on any atom is 0.235 e.